The highest BCUT2D eigenvalue weighted by Crippen LogP contribution is 2.31. The molecule has 1 aromatic rings. The van der Waals surface area contributed by atoms with E-state index in [1.165, 1.54) is 13.2 Å². The van der Waals surface area contributed by atoms with Crippen molar-refractivity contribution in [3.8, 4) is 5.75 Å². The molecular weight excluding hydrogens is 279 g/mol. The summed E-state index contributed by atoms with van der Waals surface area (Å²) in [6, 6.07) is 1.20. The van der Waals surface area contributed by atoms with Gasteiger partial charge in [-0.1, -0.05) is 27.5 Å². The number of hydrogen-bond acceptors (Lipinski definition) is 2. The predicted molar refractivity (Wildman–Crippen MR) is 53.4 cm³/mol. The summed E-state index contributed by atoms with van der Waals surface area (Å²) in [6.45, 7) is 0. The lowest BCUT2D eigenvalue weighted by Crippen LogP contribution is -1.98. The van der Waals surface area contributed by atoms with Gasteiger partial charge in [0.15, 0.2) is 0 Å². The van der Waals surface area contributed by atoms with Gasteiger partial charge in [0.25, 0.3) is 6.43 Å². The van der Waals surface area contributed by atoms with Crippen LogP contribution < -0.4 is 4.74 Å². The lowest BCUT2D eigenvalue weighted by molar-refractivity contribution is 0.150. The second-order valence-corrected chi connectivity index (χ2v) is 3.37. The highest BCUT2D eigenvalue weighted by atomic mass is 79.9. The molecule has 0 aliphatic rings. The van der Waals surface area contributed by atoms with Crippen molar-refractivity contribution in [2.75, 3.05) is 7.11 Å². The second kappa shape index (κ2) is 4.89. The minimum absolute atomic E-state index is 0.185. The molecule has 0 bridgehead atoms. The molecule has 1 heterocycles. The maximum atomic E-state index is 12.4. The quantitative estimate of drug-likeness (QED) is 0.626. The number of methoxy groups -OCH3 is 1. The molecule has 0 atom stereocenters. The molecule has 1 aromatic heterocycles. The summed E-state index contributed by atoms with van der Waals surface area (Å²) in [5, 5.41) is 0.217. The van der Waals surface area contributed by atoms with Gasteiger partial charge in [0.05, 0.1) is 18.4 Å². The molecule has 0 aliphatic carbocycles. The molecule has 0 radical (unpaired) electrons. The van der Waals surface area contributed by atoms with Gasteiger partial charge in [-0.2, -0.15) is 0 Å². The number of aromatic nitrogens is 1. The molecule has 0 saturated heterocycles. The summed E-state index contributed by atoms with van der Waals surface area (Å²) in [5.74, 6) is 0.307. The number of hydrogen-bond donors (Lipinski definition) is 0. The fourth-order valence-corrected chi connectivity index (χ4v) is 1.59. The largest absolute Gasteiger partial charge is 0.495 e. The van der Waals surface area contributed by atoms with Crippen molar-refractivity contribution in [1.82, 2.24) is 4.98 Å². The Labute approximate surface area is 93.4 Å². The lowest BCUT2D eigenvalue weighted by atomic mass is 10.2. The van der Waals surface area contributed by atoms with Crippen LogP contribution in [0, 0.1) is 0 Å². The summed E-state index contributed by atoms with van der Waals surface area (Å²) >= 11 is 8.72. The number of halogens is 4. The fraction of sp³-hybridized carbons (Fsp3) is 0.375. The van der Waals surface area contributed by atoms with Crippen molar-refractivity contribution in [3.05, 3.63) is 22.5 Å². The number of rotatable bonds is 3. The van der Waals surface area contributed by atoms with Crippen LogP contribution in [0.2, 0.25) is 5.15 Å². The minimum atomic E-state index is -2.65. The maximum Gasteiger partial charge on any atom is 0.266 e. The first-order chi connectivity index (χ1) is 6.60. The van der Waals surface area contributed by atoms with E-state index in [-0.39, 0.29) is 10.7 Å². The summed E-state index contributed by atoms with van der Waals surface area (Å²) in [7, 11) is 1.40. The van der Waals surface area contributed by atoms with Crippen LogP contribution in [0.1, 0.15) is 17.7 Å². The molecule has 0 N–H and O–H groups in total. The van der Waals surface area contributed by atoms with Crippen molar-refractivity contribution in [1.29, 1.82) is 0 Å². The van der Waals surface area contributed by atoms with Crippen LogP contribution in [0.3, 0.4) is 0 Å². The van der Waals surface area contributed by atoms with Gasteiger partial charge in [-0.3, -0.25) is 0 Å². The van der Waals surface area contributed by atoms with E-state index >= 15 is 0 Å². The van der Waals surface area contributed by atoms with Crippen LogP contribution in [-0.2, 0) is 5.33 Å². The first-order valence-corrected chi connectivity index (χ1v) is 5.17. The van der Waals surface area contributed by atoms with E-state index in [0.717, 1.165) is 0 Å². The van der Waals surface area contributed by atoms with Gasteiger partial charge in [-0.15, -0.1) is 0 Å². The fourth-order valence-electron chi connectivity index (χ4n) is 0.948. The number of ether oxygens (including phenoxy) is 1. The summed E-state index contributed by atoms with van der Waals surface area (Å²) in [4.78, 5) is 3.80. The minimum Gasteiger partial charge on any atom is -0.495 e. The molecule has 0 saturated carbocycles. The molecule has 0 unspecified atom stereocenters. The van der Waals surface area contributed by atoms with Gasteiger partial charge in [-0.05, 0) is 6.07 Å². The zero-order valence-corrected chi connectivity index (χ0v) is 9.57. The van der Waals surface area contributed by atoms with Crippen LogP contribution in [0.5, 0.6) is 5.75 Å². The van der Waals surface area contributed by atoms with E-state index < -0.39 is 6.43 Å². The molecule has 14 heavy (non-hydrogen) atoms. The highest BCUT2D eigenvalue weighted by Gasteiger charge is 2.17. The lowest BCUT2D eigenvalue weighted by Gasteiger charge is -2.09. The number of pyridine rings is 1. The van der Waals surface area contributed by atoms with Gasteiger partial charge in [-0.25, -0.2) is 13.8 Å². The molecule has 0 amide bonds. The third kappa shape index (κ3) is 2.33. The molecule has 0 fully saturated rings. The second-order valence-electron chi connectivity index (χ2n) is 2.45. The van der Waals surface area contributed by atoms with Crippen LogP contribution in [0.4, 0.5) is 8.78 Å². The first kappa shape index (κ1) is 11.7. The number of nitrogens with zero attached hydrogens (tertiary/aromatic N) is 1. The Morgan fingerprint density at radius 1 is 1.64 bits per heavy atom. The Bertz CT molecular complexity index is 335. The summed E-state index contributed by atoms with van der Waals surface area (Å²) < 4.78 is 29.7. The van der Waals surface area contributed by atoms with Gasteiger partial charge in [0.1, 0.15) is 10.9 Å². The Hall–Kier alpha value is -0.420. The Balaban J connectivity index is 3.23. The van der Waals surface area contributed by atoms with Gasteiger partial charge >= 0.3 is 0 Å². The van der Waals surface area contributed by atoms with E-state index in [1.807, 2.05) is 0 Å². The standard InChI is InChI=1S/C8H7BrClF2NO/c1-14-6-2-4(8(11)12)7(10)13-5(6)3-9/h2,8H,3H2,1H3. The Morgan fingerprint density at radius 2 is 2.29 bits per heavy atom. The van der Waals surface area contributed by atoms with Crippen molar-refractivity contribution < 1.29 is 13.5 Å². The molecule has 6 heteroatoms. The summed E-state index contributed by atoms with van der Waals surface area (Å²) in [6.07, 6.45) is -2.65. The van der Waals surface area contributed by atoms with Gasteiger partial charge < -0.3 is 4.74 Å². The van der Waals surface area contributed by atoms with Crippen LogP contribution in [0.25, 0.3) is 0 Å². The van der Waals surface area contributed by atoms with Crippen LogP contribution >= 0.6 is 27.5 Å². The maximum absolute atomic E-state index is 12.4. The molecule has 0 spiro atoms. The SMILES string of the molecule is COc1cc(C(F)F)c(Cl)nc1CBr. The molecule has 2 nitrogen and oxygen atoms in total. The molecule has 78 valence electrons. The normalized spacial score (nSPS) is 10.7. The number of alkyl halides is 3. The predicted octanol–water partition coefficient (Wildman–Crippen LogP) is 3.58. The van der Waals surface area contributed by atoms with Gasteiger partial charge in [0.2, 0.25) is 0 Å². The Kier molecular flexibility index (Phi) is 4.07. The van der Waals surface area contributed by atoms with Crippen molar-refractivity contribution in [3.63, 3.8) is 0 Å². The van der Waals surface area contributed by atoms with Crippen LogP contribution in [0.15, 0.2) is 6.07 Å². The summed E-state index contributed by atoms with van der Waals surface area (Å²) in [5.41, 5.74) is 0.190. The molecule has 1 rings (SSSR count). The smallest absolute Gasteiger partial charge is 0.266 e. The molecular formula is C8H7BrClF2NO. The van der Waals surface area contributed by atoms with Crippen molar-refractivity contribution in [2.45, 2.75) is 11.8 Å². The van der Waals surface area contributed by atoms with E-state index in [1.54, 1.807) is 0 Å². The van der Waals surface area contributed by atoms with Crippen molar-refractivity contribution in [2.24, 2.45) is 0 Å². The van der Waals surface area contributed by atoms with E-state index in [4.69, 9.17) is 16.3 Å². The molecule has 0 aromatic carbocycles. The zero-order valence-electron chi connectivity index (χ0n) is 7.23. The topological polar surface area (TPSA) is 22.1 Å². The Morgan fingerprint density at radius 3 is 2.71 bits per heavy atom. The van der Waals surface area contributed by atoms with E-state index in [0.29, 0.717) is 16.8 Å². The third-order valence-corrected chi connectivity index (χ3v) is 2.46. The average molecular weight is 287 g/mol. The van der Waals surface area contributed by atoms with E-state index in [2.05, 4.69) is 20.9 Å². The van der Waals surface area contributed by atoms with E-state index in [9.17, 15) is 8.78 Å². The zero-order chi connectivity index (χ0) is 10.7. The average Bonchev–Trinajstić information content (AvgIpc) is 2.16. The monoisotopic (exact) mass is 285 g/mol. The molecule has 0 aliphatic heterocycles. The highest BCUT2D eigenvalue weighted by molar-refractivity contribution is 9.08. The first-order valence-electron chi connectivity index (χ1n) is 3.67. The van der Waals surface area contributed by atoms with Crippen LogP contribution in [-0.4, -0.2) is 12.1 Å². The van der Waals surface area contributed by atoms with Gasteiger partial charge in [0, 0.05) is 5.33 Å². The third-order valence-electron chi connectivity index (χ3n) is 1.62. The van der Waals surface area contributed by atoms with Crippen molar-refractivity contribution >= 4 is 27.5 Å².